The fourth-order valence-electron chi connectivity index (χ4n) is 2.91. The van der Waals surface area contributed by atoms with E-state index in [1.54, 1.807) is 4.90 Å². The van der Waals surface area contributed by atoms with E-state index in [0.717, 1.165) is 33.1 Å². The molecule has 0 N–H and O–H groups in total. The van der Waals surface area contributed by atoms with Crippen LogP contribution in [0.1, 0.15) is 37.7 Å². The molecule has 142 valence electrons. The molecule has 0 saturated heterocycles. The fourth-order valence-corrected chi connectivity index (χ4v) is 3.80. The summed E-state index contributed by atoms with van der Waals surface area (Å²) < 4.78 is 7.66. The molecule has 0 atom stereocenters. The van der Waals surface area contributed by atoms with Crippen LogP contribution in [0.3, 0.4) is 0 Å². The number of aromatic nitrogens is 2. The van der Waals surface area contributed by atoms with Crippen LogP contribution in [-0.2, 0) is 20.2 Å². The summed E-state index contributed by atoms with van der Waals surface area (Å²) >= 11 is 1.46. The smallest absolute Gasteiger partial charge is 0.263 e. The van der Waals surface area contributed by atoms with Gasteiger partial charge in [0.25, 0.3) is 5.91 Å². The van der Waals surface area contributed by atoms with Crippen LogP contribution in [0.4, 0.5) is 0 Å². The molecule has 1 amide bonds. The van der Waals surface area contributed by atoms with Gasteiger partial charge in [-0.15, -0.1) is 11.3 Å². The summed E-state index contributed by atoms with van der Waals surface area (Å²) in [5.41, 5.74) is 5.37. The highest BCUT2D eigenvalue weighted by atomic mass is 32.1. The van der Waals surface area contributed by atoms with Gasteiger partial charge in [0.1, 0.15) is 12.4 Å². The molecule has 0 unspecified atom stereocenters. The number of rotatable bonds is 6. The van der Waals surface area contributed by atoms with Crippen LogP contribution >= 0.6 is 11.3 Å². The predicted molar refractivity (Wildman–Crippen MR) is 108 cm³/mol. The Morgan fingerprint density at radius 2 is 1.93 bits per heavy atom. The molecule has 0 aliphatic heterocycles. The lowest BCUT2D eigenvalue weighted by Gasteiger charge is -2.16. The van der Waals surface area contributed by atoms with Crippen molar-refractivity contribution in [2.45, 2.75) is 33.9 Å². The lowest BCUT2D eigenvalue weighted by atomic mass is 10.2. The number of nitrogens with zero attached hydrogens (tertiary/aromatic N) is 3. The molecule has 0 saturated carbocycles. The van der Waals surface area contributed by atoms with E-state index in [-0.39, 0.29) is 5.91 Å². The summed E-state index contributed by atoms with van der Waals surface area (Å²) in [5.74, 6) is 0.851. The number of hydrogen-bond donors (Lipinski definition) is 0. The zero-order valence-corrected chi connectivity index (χ0v) is 17.3. The molecule has 2 heterocycles. The van der Waals surface area contributed by atoms with Gasteiger partial charge in [-0.3, -0.25) is 9.48 Å². The van der Waals surface area contributed by atoms with E-state index < -0.39 is 0 Å². The largest absolute Gasteiger partial charge is 0.489 e. The van der Waals surface area contributed by atoms with Gasteiger partial charge in [0.2, 0.25) is 0 Å². The van der Waals surface area contributed by atoms with E-state index in [2.05, 4.69) is 5.10 Å². The molecule has 0 radical (unpaired) electrons. The Hall–Kier alpha value is -2.60. The summed E-state index contributed by atoms with van der Waals surface area (Å²) in [6.45, 7) is 7.06. The molecule has 0 aliphatic rings. The maximum absolute atomic E-state index is 12.8. The lowest BCUT2D eigenvalue weighted by molar-refractivity contribution is 0.0789. The van der Waals surface area contributed by atoms with Crippen LogP contribution in [0, 0.1) is 20.8 Å². The van der Waals surface area contributed by atoms with Crippen molar-refractivity contribution in [3.8, 4) is 5.75 Å². The van der Waals surface area contributed by atoms with E-state index in [0.29, 0.717) is 13.2 Å². The van der Waals surface area contributed by atoms with Crippen LogP contribution in [0.2, 0.25) is 0 Å². The van der Waals surface area contributed by atoms with E-state index in [1.165, 1.54) is 16.9 Å². The molecular formula is C21H25N3O2S. The number of carbonyl (C=O) groups excluding carboxylic acids is 1. The first kappa shape index (κ1) is 19.2. The minimum atomic E-state index is 0.0178. The highest BCUT2D eigenvalue weighted by molar-refractivity contribution is 7.12. The normalized spacial score (nSPS) is 10.9. The first-order chi connectivity index (χ1) is 12.8. The topological polar surface area (TPSA) is 47.4 Å². The summed E-state index contributed by atoms with van der Waals surface area (Å²) in [4.78, 5) is 15.2. The van der Waals surface area contributed by atoms with Crippen molar-refractivity contribution in [2.24, 2.45) is 7.05 Å². The summed E-state index contributed by atoms with van der Waals surface area (Å²) in [7, 11) is 3.75. The molecule has 3 rings (SSSR count). The number of aryl methyl sites for hydroxylation is 3. The SMILES string of the molecule is Cc1ccc(OCc2csc(C(=O)N(C)Cc3c(C)nn(C)c3C)c2)cc1. The molecule has 0 fully saturated rings. The van der Waals surface area contributed by atoms with E-state index in [1.807, 2.05) is 75.3 Å². The Balaban J connectivity index is 1.62. The van der Waals surface area contributed by atoms with E-state index in [4.69, 9.17) is 4.74 Å². The van der Waals surface area contributed by atoms with Crippen molar-refractivity contribution in [1.82, 2.24) is 14.7 Å². The van der Waals surface area contributed by atoms with Gasteiger partial charge in [-0.25, -0.2) is 0 Å². The van der Waals surface area contributed by atoms with Crippen LogP contribution in [0.25, 0.3) is 0 Å². The highest BCUT2D eigenvalue weighted by Crippen LogP contribution is 2.21. The van der Waals surface area contributed by atoms with Gasteiger partial charge < -0.3 is 9.64 Å². The standard InChI is InChI=1S/C21H25N3O2S/c1-14-6-8-18(9-7-14)26-12-17-10-20(27-13-17)21(25)23(4)11-19-15(2)22-24(5)16(19)3/h6-10,13H,11-12H2,1-5H3. The Bertz CT molecular complexity index is 941. The number of amides is 1. The fraction of sp³-hybridized carbons (Fsp3) is 0.333. The number of benzene rings is 1. The predicted octanol–water partition coefficient (Wildman–Crippen LogP) is 4.26. The van der Waals surface area contributed by atoms with Crippen molar-refractivity contribution in [2.75, 3.05) is 7.05 Å². The average molecular weight is 384 g/mol. The van der Waals surface area contributed by atoms with Gasteiger partial charge in [-0.2, -0.15) is 5.10 Å². The monoisotopic (exact) mass is 383 g/mol. The van der Waals surface area contributed by atoms with Gasteiger partial charge in [0.05, 0.1) is 10.6 Å². The molecule has 3 aromatic rings. The third kappa shape index (κ3) is 4.39. The Labute approximate surface area is 164 Å². The molecule has 5 nitrogen and oxygen atoms in total. The highest BCUT2D eigenvalue weighted by Gasteiger charge is 2.18. The Morgan fingerprint density at radius 1 is 1.22 bits per heavy atom. The van der Waals surface area contributed by atoms with Gasteiger partial charge in [0.15, 0.2) is 0 Å². The molecule has 1 aromatic carbocycles. The summed E-state index contributed by atoms with van der Waals surface area (Å²) in [5, 5.41) is 6.41. The van der Waals surface area contributed by atoms with Crippen molar-refractivity contribution in [3.05, 3.63) is 68.7 Å². The molecule has 2 aromatic heterocycles. The minimum Gasteiger partial charge on any atom is -0.489 e. The maximum atomic E-state index is 12.8. The lowest BCUT2D eigenvalue weighted by Crippen LogP contribution is -2.26. The van der Waals surface area contributed by atoms with Crippen LogP contribution in [0.5, 0.6) is 5.75 Å². The zero-order valence-electron chi connectivity index (χ0n) is 16.4. The molecule has 0 bridgehead atoms. The number of carbonyl (C=O) groups is 1. The molecular weight excluding hydrogens is 358 g/mol. The third-order valence-electron chi connectivity index (χ3n) is 4.69. The number of thiophene rings is 1. The first-order valence-electron chi connectivity index (χ1n) is 8.86. The molecule has 6 heteroatoms. The second kappa shape index (κ2) is 7.96. The van der Waals surface area contributed by atoms with Gasteiger partial charge in [-0.1, -0.05) is 17.7 Å². The average Bonchev–Trinajstić information content (AvgIpc) is 3.21. The Morgan fingerprint density at radius 3 is 2.56 bits per heavy atom. The second-order valence-corrected chi connectivity index (χ2v) is 7.77. The van der Waals surface area contributed by atoms with Crippen molar-refractivity contribution >= 4 is 17.2 Å². The second-order valence-electron chi connectivity index (χ2n) is 6.86. The maximum Gasteiger partial charge on any atom is 0.263 e. The first-order valence-corrected chi connectivity index (χ1v) is 9.74. The zero-order chi connectivity index (χ0) is 19.6. The van der Waals surface area contributed by atoms with E-state index >= 15 is 0 Å². The minimum absolute atomic E-state index is 0.0178. The van der Waals surface area contributed by atoms with E-state index in [9.17, 15) is 4.79 Å². The summed E-state index contributed by atoms with van der Waals surface area (Å²) in [6, 6.07) is 9.88. The molecule has 0 aliphatic carbocycles. The van der Waals surface area contributed by atoms with Crippen molar-refractivity contribution in [3.63, 3.8) is 0 Å². The van der Waals surface area contributed by atoms with Crippen molar-refractivity contribution < 1.29 is 9.53 Å². The number of ether oxygens (including phenoxy) is 1. The van der Waals surface area contributed by atoms with Gasteiger partial charge in [-0.05, 0) is 44.4 Å². The van der Waals surface area contributed by atoms with Gasteiger partial charge >= 0.3 is 0 Å². The summed E-state index contributed by atoms with van der Waals surface area (Å²) in [6.07, 6.45) is 0. The molecule has 0 spiro atoms. The third-order valence-corrected chi connectivity index (χ3v) is 5.66. The van der Waals surface area contributed by atoms with Crippen molar-refractivity contribution in [1.29, 1.82) is 0 Å². The van der Waals surface area contributed by atoms with Crippen LogP contribution < -0.4 is 4.74 Å². The Kier molecular flexibility index (Phi) is 5.65. The number of hydrogen-bond acceptors (Lipinski definition) is 4. The van der Waals surface area contributed by atoms with Gasteiger partial charge in [0, 0.05) is 37.5 Å². The molecule has 27 heavy (non-hydrogen) atoms. The van der Waals surface area contributed by atoms with Crippen LogP contribution in [0.15, 0.2) is 35.7 Å². The quantitative estimate of drug-likeness (QED) is 0.639. The van der Waals surface area contributed by atoms with Crippen LogP contribution in [-0.4, -0.2) is 27.6 Å².